The minimum absolute atomic E-state index is 0.467. The van der Waals surface area contributed by atoms with E-state index in [0.717, 1.165) is 27.8 Å². The second-order valence-electron chi connectivity index (χ2n) is 13.0. The van der Waals surface area contributed by atoms with Crippen molar-refractivity contribution in [2.24, 2.45) is 0 Å². The molecule has 0 unspecified atom stereocenters. The van der Waals surface area contributed by atoms with Crippen molar-refractivity contribution in [3.05, 3.63) is 169 Å². The number of rotatable bonds is 5. The van der Waals surface area contributed by atoms with Crippen molar-refractivity contribution in [1.82, 2.24) is 15.0 Å². The first-order valence-electron chi connectivity index (χ1n) is 17.3. The average molecular weight is 724 g/mol. The van der Waals surface area contributed by atoms with E-state index >= 15 is 0 Å². The Morgan fingerprint density at radius 3 is 1.70 bits per heavy atom. The van der Waals surface area contributed by atoms with Crippen LogP contribution in [0, 0.1) is 17.9 Å². The molecule has 0 aliphatic carbocycles. The molecule has 0 radical (unpaired) electrons. The Bertz CT molecular complexity index is 3180. The zero-order valence-corrected chi connectivity index (χ0v) is 30.1. The fraction of sp³-hybridized carbons (Fsp3) is 0. The standard InChI is InChI=1S/C47H25N5S2/c1-49-34-20-17-30(18-21-34)46-50-45(29-9-3-2-4-10-29)51-47(52-46)33-24-28(27-48)23-32(25-33)31-19-22-36-38-13-8-15-40(44(38)54-42(36)26-31)39-14-7-12-37-35-11-5-6-16-41(35)53-43(37)39/h2-26H. The molecule has 0 atom stereocenters. The topological polar surface area (TPSA) is 66.8 Å². The van der Waals surface area contributed by atoms with Gasteiger partial charge in [-0.2, -0.15) is 5.26 Å². The summed E-state index contributed by atoms with van der Waals surface area (Å²) in [6.45, 7) is 7.36. The lowest BCUT2D eigenvalue weighted by Gasteiger charge is -2.10. The minimum Gasteiger partial charge on any atom is -0.238 e. The van der Waals surface area contributed by atoms with Crippen molar-refractivity contribution >= 4 is 68.7 Å². The third-order valence-corrected chi connectivity index (χ3v) is 12.2. The predicted molar refractivity (Wildman–Crippen MR) is 224 cm³/mol. The zero-order chi connectivity index (χ0) is 36.2. The number of aromatic nitrogens is 3. The van der Waals surface area contributed by atoms with Gasteiger partial charge < -0.3 is 0 Å². The fourth-order valence-electron chi connectivity index (χ4n) is 7.17. The van der Waals surface area contributed by atoms with Gasteiger partial charge in [0.05, 0.1) is 18.2 Å². The highest BCUT2D eigenvalue weighted by atomic mass is 32.1. The van der Waals surface area contributed by atoms with Gasteiger partial charge in [-0.05, 0) is 41.5 Å². The van der Waals surface area contributed by atoms with Crippen molar-refractivity contribution in [2.45, 2.75) is 0 Å². The van der Waals surface area contributed by atoms with E-state index in [2.05, 4.69) is 95.8 Å². The minimum atomic E-state index is 0.467. The highest BCUT2D eigenvalue weighted by Gasteiger charge is 2.17. The van der Waals surface area contributed by atoms with Crippen LogP contribution in [0.5, 0.6) is 0 Å². The third-order valence-electron chi connectivity index (χ3n) is 9.77. The van der Waals surface area contributed by atoms with E-state index < -0.39 is 0 Å². The van der Waals surface area contributed by atoms with Gasteiger partial charge in [0.15, 0.2) is 23.2 Å². The molecular weight excluding hydrogens is 699 g/mol. The summed E-state index contributed by atoms with van der Waals surface area (Å²) in [6, 6.07) is 53.7. The first-order chi connectivity index (χ1) is 26.6. The number of nitrogens with zero attached hydrogens (tertiary/aromatic N) is 5. The molecule has 0 aliphatic heterocycles. The number of nitriles is 1. The molecule has 5 nitrogen and oxygen atoms in total. The molecule has 0 N–H and O–H groups in total. The molecule has 54 heavy (non-hydrogen) atoms. The number of hydrogen-bond donors (Lipinski definition) is 0. The molecule has 0 saturated carbocycles. The molecule has 250 valence electrons. The molecule has 7 aromatic carbocycles. The van der Waals surface area contributed by atoms with Crippen LogP contribution in [-0.4, -0.2) is 15.0 Å². The molecule has 10 rings (SSSR count). The quantitative estimate of drug-likeness (QED) is 0.166. The molecule has 10 aromatic rings. The van der Waals surface area contributed by atoms with Gasteiger partial charge in [-0.1, -0.05) is 121 Å². The summed E-state index contributed by atoms with van der Waals surface area (Å²) >= 11 is 3.66. The lowest BCUT2D eigenvalue weighted by molar-refractivity contribution is 1.07. The summed E-state index contributed by atoms with van der Waals surface area (Å²) < 4.78 is 5.05. The normalized spacial score (nSPS) is 11.3. The lowest BCUT2D eigenvalue weighted by atomic mass is 9.98. The van der Waals surface area contributed by atoms with Crippen molar-refractivity contribution in [3.8, 4) is 62.5 Å². The molecular formula is C47H25N5S2. The van der Waals surface area contributed by atoms with Crippen LogP contribution in [0.2, 0.25) is 0 Å². The maximum Gasteiger partial charge on any atom is 0.187 e. The Balaban J connectivity index is 1.10. The second kappa shape index (κ2) is 12.9. The Morgan fingerprint density at radius 1 is 0.463 bits per heavy atom. The van der Waals surface area contributed by atoms with Crippen LogP contribution < -0.4 is 0 Å². The molecule has 7 heteroatoms. The fourth-order valence-corrected chi connectivity index (χ4v) is 9.67. The number of hydrogen-bond acceptors (Lipinski definition) is 6. The monoisotopic (exact) mass is 723 g/mol. The van der Waals surface area contributed by atoms with E-state index in [9.17, 15) is 5.26 Å². The van der Waals surface area contributed by atoms with Crippen molar-refractivity contribution < 1.29 is 0 Å². The zero-order valence-electron chi connectivity index (χ0n) is 28.5. The number of thiophene rings is 2. The summed E-state index contributed by atoms with van der Waals surface area (Å²) in [5.74, 6) is 1.49. The van der Waals surface area contributed by atoms with E-state index in [1.807, 2.05) is 77.3 Å². The summed E-state index contributed by atoms with van der Waals surface area (Å²) in [6.07, 6.45) is 0. The van der Waals surface area contributed by atoms with Crippen molar-refractivity contribution in [1.29, 1.82) is 5.26 Å². The summed E-state index contributed by atoms with van der Waals surface area (Å²) in [5, 5.41) is 15.2. The molecule has 0 bridgehead atoms. The van der Waals surface area contributed by atoms with Gasteiger partial charge in [-0.15, -0.1) is 22.7 Å². The van der Waals surface area contributed by atoms with Gasteiger partial charge in [-0.25, -0.2) is 19.8 Å². The molecule has 0 amide bonds. The Labute approximate surface area is 318 Å². The van der Waals surface area contributed by atoms with Crippen LogP contribution >= 0.6 is 22.7 Å². The van der Waals surface area contributed by atoms with Crippen LogP contribution in [0.4, 0.5) is 5.69 Å². The SMILES string of the molecule is [C-]#[N+]c1ccc(-c2nc(-c3ccccc3)nc(-c3cc(C#N)cc(-c4ccc5c(c4)sc4c(-c6cccc7c6sc6ccccc67)cccc45)c3)n2)cc1. The van der Waals surface area contributed by atoms with E-state index in [0.29, 0.717) is 28.7 Å². The predicted octanol–water partition coefficient (Wildman–Crippen LogP) is 13.4. The third kappa shape index (κ3) is 5.39. The van der Waals surface area contributed by atoms with Gasteiger partial charge in [0.1, 0.15) is 0 Å². The van der Waals surface area contributed by atoms with E-state index in [1.54, 1.807) is 12.1 Å². The van der Waals surface area contributed by atoms with Gasteiger partial charge in [0, 0.05) is 68.2 Å². The van der Waals surface area contributed by atoms with Crippen LogP contribution in [0.15, 0.2) is 152 Å². The first-order valence-corrected chi connectivity index (χ1v) is 19.0. The van der Waals surface area contributed by atoms with E-state index in [1.165, 1.54) is 51.5 Å². The highest BCUT2D eigenvalue weighted by Crippen LogP contribution is 2.46. The van der Waals surface area contributed by atoms with Crippen LogP contribution in [0.1, 0.15) is 5.56 Å². The largest absolute Gasteiger partial charge is 0.238 e. The Hall–Kier alpha value is -7.03. The van der Waals surface area contributed by atoms with Crippen molar-refractivity contribution in [3.63, 3.8) is 0 Å². The molecule has 3 aromatic heterocycles. The number of fused-ring (bicyclic) bond motifs is 6. The molecule has 3 heterocycles. The molecule has 0 aliphatic rings. The van der Waals surface area contributed by atoms with Crippen LogP contribution in [0.3, 0.4) is 0 Å². The molecule has 0 spiro atoms. The van der Waals surface area contributed by atoms with Gasteiger partial charge in [0.2, 0.25) is 0 Å². The van der Waals surface area contributed by atoms with Gasteiger partial charge in [-0.3, -0.25) is 0 Å². The number of benzene rings is 7. The van der Waals surface area contributed by atoms with E-state index in [4.69, 9.17) is 21.5 Å². The smallest absolute Gasteiger partial charge is 0.187 e. The van der Waals surface area contributed by atoms with E-state index in [-0.39, 0.29) is 0 Å². The maximum atomic E-state index is 10.2. The molecule has 0 fully saturated rings. The Kier molecular flexibility index (Phi) is 7.56. The molecule has 0 saturated heterocycles. The Morgan fingerprint density at radius 2 is 1.02 bits per heavy atom. The maximum absolute atomic E-state index is 10.2. The van der Waals surface area contributed by atoms with Crippen molar-refractivity contribution in [2.75, 3.05) is 0 Å². The average Bonchev–Trinajstić information content (AvgIpc) is 3.82. The first kappa shape index (κ1) is 31.7. The van der Waals surface area contributed by atoms with Crippen LogP contribution in [-0.2, 0) is 0 Å². The van der Waals surface area contributed by atoms with Crippen LogP contribution in [0.25, 0.3) is 102 Å². The van der Waals surface area contributed by atoms with Gasteiger partial charge >= 0.3 is 0 Å². The van der Waals surface area contributed by atoms with Gasteiger partial charge in [0.25, 0.3) is 0 Å². The summed E-state index contributed by atoms with van der Waals surface area (Å²) in [5.41, 5.74) is 7.82. The summed E-state index contributed by atoms with van der Waals surface area (Å²) in [4.78, 5) is 18.2. The lowest BCUT2D eigenvalue weighted by Crippen LogP contribution is -2.00. The highest BCUT2D eigenvalue weighted by molar-refractivity contribution is 7.27. The second-order valence-corrected chi connectivity index (χ2v) is 15.1. The summed E-state index contributed by atoms with van der Waals surface area (Å²) in [7, 11) is 0.